The number of aromatic nitrogens is 1. The van der Waals surface area contributed by atoms with E-state index in [-0.39, 0.29) is 12.4 Å². The highest BCUT2D eigenvalue weighted by Crippen LogP contribution is 2.05. The number of aldehydes is 1. The zero-order valence-electron chi connectivity index (χ0n) is 6.73. The van der Waals surface area contributed by atoms with Gasteiger partial charge in [0.05, 0.1) is 6.04 Å². The minimum atomic E-state index is -0.539. The molecule has 0 aliphatic heterocycles. The number of aryl methyl sites for hydroxylation is 1. The first-order valence-corrected chi connectivity index (χ1v) is 3.37. The molecule has 66 valence electrons. The van der Waals surface area contributed by atoms with Crippen molar-refractivity contribution in [3.63, 3.8) is 0 Å². The maximum atomic E-state index is 10.2. The molecule has 0 aliphatic carbocycles. The Morgan fingerprint density at radius 1 is 1.58 bits per heavy atom. The predicted molar refractivity (Wildman–Crippen MR) is 49.2 cm³/mol. The van der Waals surface area contributed by atoms with Gasteiger partial charge in [0, 0.05) is 11.9 Å². The fourth-order valence-corrected chi connectivity index (χ4v) is 0.755. The van der Waals surface area contributed by atoms with E-state index in [2.05, 4.69) is 4.98 Å². The third kappa shape index (κ3) is 2.60. The Labute approximate surface area is 77.4 Å². The van der Waals surface area contributed by atoms with Crippen molar-refractivity contribution >= 4 is 18.7 Å². The van der Waals surface area contributed by atoms with Crippen LogP contribution in [-0.2, 0) is 4.79 Å². The second-order valence-corrected chi connectivity index (χ2v) is 2.39. The molecule has 0 spiro atoms. The van der Waals surface area contributed by atoms with Gasteiger partial charge in [0.1, 0.15) is 6.29 Å². The van der Waals surface area contributed by atoms with E-state index >= 15 is 0 Å². The summed E-state index contributed by atoms with van der Waals surface area (Å²) in [5.41, 5.74) is 7.11. The first-order chi connectivity index (χ1) is 5.24. The van der Waals surface area contributed by atoms with Crippen LogP contribution in [-0.4, -0.2) is 11.3 Å². The minimum Gasteiger partial charge on any atom is -0.318 e. The van der Waals surface area contributed by atoms with Gasteiger partial charge in [-0.1, -0.05) is 6.07 Å². The van der Waals surface area contributed by atoms with Crippen LogP contribution in [0.2, 0.25) is 0 Å². The molecule has 3 nitrogen and oxygen atoms in total. The van der Waals surface area contributed by atoms with Crippen molar-refractivity contribution in [1.82, 2.24) is 4.98 Å². The zero-order valence-corrected chi connectivity index (χ0v) is 7.54. The van der Waals surface area contributed by atoms with E-state index in [1.165, 1.54) is 0 Å². The maximum Gasteiger partial charge on any atom is 0.141 e. The summed E-state index contributed by atoms with van der Waals surface area (Å²) in [5, 5.41) is 0. The summed E-state index contributed by atoms with van der Waals surface area (Å²) in [5.74, 6) is 0. The Balaban J connectivity index is 0.00000121. The Bertz CT molecular complexity index is 248. The molecule has 2 N–H and O–H groups in total. The topological polar surface area (TPSA) is 56.0 Å². The van der Waals surface area contributed by atoms with Crippen LogP contribution in [0.25, 0.3) is 0 Å². The molecule has 1 heterocycles. The fourth-order valence-electron chi connectivity index (χ4n) is 0.755. The molecule has 0 radical (unpaired) electrons. The van der Waals surface area contributed by atoms with Gasteiger partial charge in [-0.05, 0) is 18.6 Å². The normalized spacial score (nSPS) is 11.5. The lowest BCUT2D eigenvalue weighted by molar-refractivity contribution is -0.109. The number of carbonyl (C=O) groups is 1. The van der Waals surface area contributed by atoms with Crippen molar-refractivity contribution < 1.29 is 4.79 Å². The Morgan fingerprint density at radius 2 is 2.25 bits per heavy atom. The number of halogens is 1. The van der Waals surface area contributed by atoms with E-state index in [0.717, 1.165) is 11.3 Å². The monoisotopic (exact) mass is 186 g/mol. The van der Waals surface area contributed by atoms with Gasteiger partial charge in [-0.2, -0.15) is 0 Å². The van der Waals surface area contributed by atoms with Crippen LogP contribution in [0.15, 0.2) is 18.3 Å². The van der Waals surface area contributed by atoms with E-state index in [4.69, 9.17) is 5.73 Å². The standard InChI is InChI=1S/C8H10N2O.ClH/c1-6-2-3-7(4-10-6)8(9)5-11;/h2-5,8H,9H2,1H3;1H. The summed E-state index contributed by atoms with van der Waals surface area (Å²) < 4.78 is 0. The summed E-state index contributed by atoms with van der Waals surface area (Å²) in [6, 6.07) is 3.10. The minimum absolute atomic E-state index is 0. The summed E-state index contributed by atoms with van der Waals surface area (Å²) in [7, 11) is 0. The molecular weight excluding hydrogens is 176 g/mol. The maximum absolute atomic E-state index is 10.2. The lowest BCUT2D eigenvalue weighted by atomic mass is 10.1. The van der Waals surface area contributed by atoms with Gasteiger partial charge in [0.15, 0.2) is 0 Å². The molecule has 0 fully saturated rings. The molecule has 0 saturated heterocycles. The quantitative estimate of drug-likeness (QED) is 0.702. The van der Waals surface area contributed by atoms with Gasteiger partial charge in [0.2, 0.25) is 0 Å². The first kappa shape index (κ1) is 11.1. The average Bonchev–Trinajstić information content (AvgIpc) is 2.05. The highest BCUT2D eigenvalue weighted by atomic mass is 35.5. The largest absolute Gasteiger partial charge is 0.318 e. The molecule has 0 aliphatic rings. The molecule has 4 heteroatoms. The smallest absolute Gasteiger partial charge is 0.141 e. The molecule has 12 heavy (non-hydrogen) atoms. The van der Waals surface area contributed by atoms with Crippen LogP contribution < -0.4 is 5.73 Å². The van der Waals surface area contributed by atoms with Gasteiger partial charge in [-0.15, -0.1) is 12.4 Å². The Morgan fingerprint density at radius 3 is 2.67 bits per heavy atom. The number of hydrogen-bond acceptors (Lipinski definition) is 3. The number of pyridine rings is 1. The van der Waals surface area contributed by atoms with Crippen molar-refractivity contribution in [2.75, 3.05) is 0 Å². The van der Waals surface area contributed by atoms with Crippen molar-refractivity contribution in [2.45, 2.75) is 13.0 Å². The summed E-state index contributed by atoms with van der Waals surface area (Å²) in [6.07, 6.45) is 2.32. The van der Waals surface area contributed by atoms with E-state index in [9.17, 15) is 4.79 Å². The van der Waals surface area contributed by atoms with Crippen LogP contribution in [0.3, 0.4) is 0 Å². The number of hydrogen-bond donors (Lipinski definition) is 1. The van der Waals surface area contributed by atoms with E-state index in [1.807, 2.05) is 13.0 Å². The van der Waals surface area contributed by atoms with Crippen LogP contribution >= 0.6 is 12.4 Å². The highest BCUT2D eigenvalue weighted by Gasteiger charge is 2.02. The van der Waals surface area contributed by atoms with Crippen LogP contribution in [0.1, 0.15) is 17.3 Å². The Kier molecular flexibility index (Phi) is 4.47. The molecule has 1 aromatic rings. The van der Waals surface area contributed by atoms with Gasteiger partial charge >= 0.3 is 0 Å². The summed E-state index contributed by atoms with van der Waals surface area (Å²) >= 11 is 0. The van der Waals surface area contributed by atoms with Gasteiger partial charge in [-0.3, -0.25) is 4.98 Å². The second-order valence-electron chi connectivity index (χ2n) is 2.39. The molecule has 1 aromatic heterocycles. The van der Waals surface area contributed by atoms with Gasteiger partial charge < -0.3 is 10.5 Å². The van der Waals surface area contributed by atoms with Crippen molar-refractivity contribution in [3.05, 3.63) is 29.6 Å². The highest BCUT2D eigenvalue weighted by molar-refractivity contribution is 5.85. The van der Waals surface area contributed by atoms with E-state index < -0.39 is 6.04 Å². The van der Waals surface area contributed by atoms with Crippen LogP contribution in [0.5, 0.6) is 0 Å². The van der Waals surface area contributed by atoms with Crippen molar-refractivity contribution in [3.8, 4) is 0 Å². The summed E-state index contributed by atoms with van der Waals surface area (Å²) in [4.78, 5) is 14.2. The number of carbonyl (C=O) groups excluding carboxylic acids is 1. The third-order valence-electron chi connectivity index (χ3n) is 1.47. The van der Waals surface area contributed by atoms with E-state index in [1.54, 1.807) is 12.3 Å². The molecule has 0 bridgehead atoms. The molecule has 1 atom stereocenters. The molecular formula is C8H11ClN2O. The number of nitrogens with two attached hydrogens (primary N) is 1. The molecule has 0 amide bonds. The van der Waals surface area contributed by atoms with Crippen LogP contribution in [0, 0.1) is 6.92 Å². The molecule has 0 saturated carbocycles. The lowest BCUT2D eigenvalue weighted by Gasteiger charge is -2.02. The van der Waals surface area contributed by atoms with Gasteiger partial charge in [-0.25, -0.2) is 0 Å². The third-order valence-corrected chi connectivity index (χ3v) is 1.47. The predicted octanol–water partition coefficient (Wildman–Crippen LogP) is 1.01. The van der Waals surface area contributed by atoms with Gasteiger partial charge in [0.25, 0.3) is 0 Å². The number of nitrogens with zero attached hydrogens (tertiary/aromatic N) is 1. The zero-order chi connectivity index (χ0) is 8.27. The number of rotatable bonds is 2. The Hall–Kier alpha value is -0.930. The van der Waals surface area contributed by atoms with Crippen molar-refractivity contribution in [1.29, 1.82) is 0 Å². The van der Waals surface area contributed by atoms with Crippen molar-refractivity contribution in [2.24, 2.45) is 5.73 Å². The van der Waals surface area contributed by atoms with Crippen LogP contribution in [0.4, 0.5) is 0 Å². The molecule has 1 rings (SSSR count). The SMILES string of the molecule is Cc1ccc(C(N)C=O)cn1.Cl. The first-order valence-electron chi connectivity index (χ1n) is 3.37. The lowest BCUT2D eigenvalue weighted by Crippen LogP contribution is -2.11. The van der Waals surface area contributed by atoms with E-state index in [0.29, 0.717) is 6.29 Å². The second kappa shape index (κ2) is 4.85. The molecule has 0 aromatic carbocycles. The summed E-state index contributed by atoms with van der Waals surface area (Å²) in [6.45, 7) is 1.89. The fraction of sp³-hybridized carbons (Fsp3) is 0.250. The average molecular weight is 187 g/mol. The molecule has 1 unspecified atom stereocenters.